The molecule has 0 saturated carbocycles. The van der Waals surface area contributed by atoms with Crippen LogP contribution < -0.4 is 0 Å². The van der Waals surface area contributed by atoms with Crippen LogP contribution in [0.2, 0.25) is 10.0 Å². The van der Waals surface area contributed by atoms with Gasteiger partial charge in [-0.05, 0) is 35.6 Å². The van der Waals surface area contributed by atoms with E-state index in [9.17, 15) is 9.65 Å². The van der Waals surface area contributed by atoms with Crippen molar-refractivity contribution in [2.24, 2.45) is 10.4 Å². The molecule has 1 aliphatic rings. The highest BCUT2D eigenvalue weighted by Crippen LogP contribution is 2.47. The van der Waals surface area contributed by atoms with Crippen LogP contribution in [0.25, 0.3) is 5.57 Å². The molecule has 2 nitrogen and oxygen atoms in total. The van der Waals surface area contributed by atoms with E-state index in [4.69, 9.17) is 23.2 Å². The van der Waals surface area contributed by atoms with Gasteiger partial charge in [-0.1, -0.05) is 68.2 Å². The second-order valence-corrected chi connectivity index (χ2v) is 8.67. The topological polar surface area (TPSA) is 36.1 Å². The van der Waals surface area contributed by atoms with Crippen molar-refractivity contribution in [3.05, 3.63) is 75.7 Å². The monoisotopic (exact) mass is 400 g/mol. The predicted octanol–water partition coefficient (Wildman–Crippen LogP) is 6.83. The van der Waals surface area contributed by atoms with Crippen molar-refractivity contribution in [2.45, 2.75) is 32.6 Å². The Morgan fingerprint density at radius 3 is 2.37 bits per heavy atom. The molecule has 3 rings (SSSR count). The van der Waals surface area contributed by atoms with Crippen LogP contribution in [-0.2, 0) is 5.41 Å². The number of nitrogens with zero attached hydrogens (tertiary/aromatic N) is 2. The lowest BCUT2D eigenvalue weighted by atomic mass is 9.67. The minimum atomic E-state index is -1.19. The van der Waals surface area contributed by atoms with Gasteiger partial charge in [0.15, 0.2) is 0 Å². The molecule has 0 fully saturated rings. The first-order chi connectivity index (χ1) is 12.7. The summed E-state index contributed by atoms with van der Waals surface area (Å²) in [5.74, 6) is -0.550. The third-order valence-electron chi connectivity index (χ3n) is 4.57. The summed E-state index contributed by atoms with van der Waals surface area (Å²) in [5, 5.41) is 10.9. The van der Waals surface area contributed by atoms with Gasteiger partial charge in [-0.25, -0.2) is 4.39 Å². The zero-order valence-electron chi connectivity index (χ0n) is 15.4. The quantitative estimate of drug-likeness (QED) is 0.556. The number of hydrogen-bond donors (Lipinski definition) is 0. The van der Waals surface area contributed by atoms with Crippen LogP contribution in [0.15, 0.2) is 53.7 Å². The van der Waals surface area contributed by atoms with E-state index in [0.29, 0.717) is 28.3 Å². The van der Waals surface area contributed by atoms with Crippen LogP contribution in [0.3, 0.4) is 0 Å². The van der Waals surface area contributed by atoms with E-state index < -0.39 is 11.2 Å². The molecule has 1 aliphatic heterocycles. The van der Waals surface area contributed by atoms with Crippen LogP contribution in [0.4, 0.5) is 4.39 Å². The Kier molecular flexibility index (Phi) is 5.16. The van der Waals surface area contributed by atoms with Crippen molar-refractivity contribution in [1.29, 1.82) is 5.26 Å². The van der Waals surface area contributed by atoms with Crippen molar-refractivity contribution in [3.63, 3.8) is 0 Å². The van der Waals surface area contributed by atoms with E-state index in [1.165, 1.54) is 6.07 Å². The van der Waals surface area contributed by atoms with Crippen molar-refractivity contribution >= 4 is 34.5 Å². The average molecular weight is 401 g/mol. The van der Waals surface area contributed by atoms with Crippen LogP contribution in [-0.4, -0.2) is 5.71 Å². The summed E-state index contributed by atoms with van der Waals surface area (Å²) in [6, 6.07) is 14.3. The molecule has 1 unspecified atom stereocenters. The second-order valence-electron chi connectivity index (χ2n) is 7.83. The molecule has 2 aromatic carbocycles. The molecule has 138 valence electrons. The van der Waals surface area contributed by atoms with Gasteiger partial charge in [-0.3, -0.25) is 4.99 Å². The first-order valence-electron chi connectivity index (χ1n) is 8.58. The summed E-state index contributed by atoms with van der Waals surface area (Å²) < 4.78 is 14.8. The van der Waals surface area contributed by atoms with Gasteiger partial charge < -0.3 is 0 Å². The molecule has 1 heterocycles. The maximum atomic E-state index is 14.8. The SMILES string of the molecule is CC(C)(C)CC1=NC=C(c2cccc(Cl)c2F)C1(C#N)c1ccc(Cl)cc1. The van der Waals surface area contributed by atoms with E-state index in [1.807, 2.05) is 0 Å². The first kappa shape index (κ1) is 19.6. The van der Waals surface area contributed by atoms with Crippen molar-refractivity contribution < 1.29 is 4.39 Å². The molecule has 0 spiro atoms. The highest BCUT2D eigenvalue weighted by atomic mass is 35.5. The fourth-order valence-electron chi connectivity index (χ4n) is 3.37. The van der Waals surface area contributed by atoms with Gasteiger partial charge in [-0.15, -0.1) is 0 Å². The molecule has 0 amide bonds. The van der Waals surface area contributed by atoms with Gasteiger partial charge in [-0.2, -0.15) is 5.26 Å². The van der Waals surface area contributed by atoms with Crippen LogP contribution in [0.5, 0.6) is 0 Å². The fourth-order valence-corrected chi connectivity index (χ4v) is 3.67. The fraction of sp³-hybridized carbons (Fsp3) is 0.273. The summed E-state index contributed by atoms with van der Waals surface area (Å²) in [4.78, 5) is 4.56. The minimum absolute atomic E-state index is 0.0145. The number of nitriles is 1. The number of allylic oxidation sites excluding steroid dienone is 1. The normalized spacial score (nSPS) is 19.4. The number of benzene rings is 2. The van der Waals surface area contributed by atoms with Crippen molar-refractivity contribution in [1.82, 2.24) is 0 Å². The second kappa shape index (κ2) is 7.11. The van der Waals surface area contributed by atoms with E-state index in [2.05, 4.69) is 31.8 Å². The number of hydrogen-bond acceptors (Lipinski definition) is 2. The standard InChI is InChI=1S/C22H19Cl2FN2/c1-21(2,3)11-19-22(13-26,14-7-9-15(23)10-8-14)17(12-27-19)16-5-4-6-18(24)20(16)25/h4-10,12H,11H2,1-3H3. The number of halogens is 3. The largest absolute Gasteiger partial charge is 0.263 e. The molecule has 2 aromatic rings. The average Bonchev–Trinajstić information content (AvgIpc) is 2.95. The molecular weight excluding hydrogens is 382 g/mol. The lowest BCUT2D eigenvalue weighted by Crippen LogP contribution is -2.36. The summed E-state index contributed by atoms with van der Waals surface area (Å²) in [5.41, 5.74) is 0.889. The lowest BCUT2D eigenvalue weighted by Gasteiger charge is -2.31. The van der Waals surface area contributed by atoms with E-state index in [0.717, 1.165) is 0 Å². The highest BCUT2D eigenvalue weighted by molar-refractivity contribution is 6.31. The zero-order chi connectivity index (χ0) is 19.8. The summed E-state index contributed by atoms with van der Waals surface area (Å²) >= 11 is 12.0. The predicted molar refractivity (Wildman–Crippen MR) is 110 cm³/mol. The summed E-state index contributed by atoms with van der Waals surface area (Å²) in [6.45, 7) is 6.24. The Morgan fingerprint density at radius 1 is 1.11 bits per heavy atom. The van der Waals surface area contributed by atoms with Gasteiger partial charge in [0.25, 0.3) is 0 Å². The van der Waals surface area contributed by atoms with E-state index in [1.54, 1.807) is 42.6 Å². The summed E-state index contributed by atoms with van der Waals surface area (Å²) in [6.07, 6.45) is 2.18. The van der Waals surface area contributed by atoms with Crippen molar-refractivity contribution in [3.8, 4) is 6.07 Å². The molecule has 0 aliphatic carbocycles. The molecule has 0 N–H and O–H groups in total. The minimum Gasteiger partial charge on any atom is -0.263 e. The zero-order valence-corrected chi connectivity index (χ0v) is 16.9. The number of rotatable bonds is 3. The number of aliphatic imine (C=N–C) groups is 1. The van der Waals surface area contributed by atoms with E-state index in [-0.39, 0.29) is 16.0 Å². The molecular formula is C22H19Cl2FN2. The molecule has 0 saturated heterocycles. The molecule has 1 atom stereocenters. The van der Waals surface area contributed by atoms with Gasteiger partial charge in [0.05, 0.1) is 11.1 Å². The Morgan fingerprint density at radius 2 is 1.78 bits per heavy atom. The molecule has 0 aromatic heterocycles. The van der Waals surface area contributed by atoms with Gasteiger partial charge in [0.1, 0.15) is 11.2 Å². The Balaban J connectivity index is 2.24. The van der Waals surface area contributed by atoms with Gasteiger partial charge >= 0.3 is 0 Å². The van der Waals surface area contributed by atoms with E-state index >= 15 is 0 Å². The molecule has 0 bridgehead atoms. The first-order valence-corrected chi connectivity index (χ1v) is 9.34. The van der Waals surface area contributed by atoms with Crippen molar-refractivity contribution in [2.75, 3.05) is 0 Å². The van der Waals surface area contributed by atoms with Gasteiger partial charge in [0.2, 0.25) is 0 Å². The summed E-state index contributed by atoms with van der Waals surface area (Å²) in [7, 11) is 0. The van der Waals surface area contributed by atoms with Crippen LogP contribution in [0.1, 0.15) is 38.3 Å². The molecule has 0 radical (unpaired) electrons. The highest BCUT2D eigenvalue weighted by Gasteiger charge is 2.47. The maximum Gasteiger partial charge on any atom is 0.149 e. The smallest absolute Gasteiger partial charge is 0.149 e. The van der Waals surface area contributed by atoms with Crippen LogP contribution in [0, 0.1) is 22.6 Å². The molecule has 27 heavy (non-hydrogen) atoms. The third kappa shape index (κ3) is 3.52. The van der Waals surface area contributed by atoms with Gasteiger partial charge in [0, 0.05) is 28.1 Å². The van der Waals surface area contributed by atoms with Crippen LogP contribution >= 0.6 is 23.2 Å². The lowest BCUT2D eigenvalue weighted by molar-refractivity contribution is 0.429. The molecule has 5 heteroatoms. The Labute approximate surface area is 169 Å². The Hall–Kier alpha value is -2.15. The maximum absolute atomic E-state index is 14.8. The third-order valence-corrected chi connectivity index (χ3v) is 5.11. The Bertz CT molecular complexity index is 979.